The van der Waals surface area contributed by atoms with Crippen molar-refractivity contribution in [2.24, 2.45) is 5.92 Å². The largest absolute Gasteiger partial charge is 0.455 e. The maximum Gasteiger partial charge on any atom is 0.310 e. The van der Waals surface area contributed by atoms with Gasteiger partial charge >= 0.3 is 5.97 Å². The van der Waals surface area contributed by atoms with Gasteiger partial charge in [-0.15, -0.1) is 22.7 Å². The number of hydrogen-bond donors (Lipinski definition) is 0. The Balaban J connectivity index is 1.23. The van der Waals surface area contributed by atoms with Gasteiger partial charge in [-0.25, -0.2) is 4.98 Å². The average molecular weight is 441 g/mol. The SMILES string of the molecule is O=C(OCC(=O)N1CCc2sccc2C1)C1CCCCC1c1nc2ccccc2s1. The molecule has 0 radical (unpaired) electrons. The van der Waals surface area contributed by atoms with Crippen molar-refractivity contribution >= 4 is 44.8 Å². The molecule has 1 aliphatic heterocycles. The van der Waals surface area contributed by atoms with Crippen molar-refractivity contribution in [1.82, 2.24) is 9.88 Å². The van der Waals surface area contributed by atoms with Gasteiger partial charge in [0.15, 0.2) is 6.61 Å². The van der Waals surface area contributed by atoms with E-state index in [1.807, 2.05) is 18.2 Å². The smallest absolute Gasteiger partial charge is 0.310 e. The number of carbonyl (C=O) groups excluding carboxylic acids is 2. The fraction of sp³-hybridized carbons (Fsp3) is 0.435. The summed E-state index contributed by atoms with van der Waals surface area (Å²) in [6.45, 7) is 1.15. The van der Waals surface area contributed by atoms with Gasteiger partial charge in [-0.2, -0.15) is 0 Å². The number of thiophene rings is 1. The van der Waals surface area contributed by atoms with Crippen molar-refractivity contribution in [3.63, 3.8) is 0 Å². The summed E-state index contributed by atoms with van der Waals surface area (Å²) >= 11 is 3.42. The predicted molar refractivity (Wildman–Crippen MR) is 119 cm³/mol. The van der Waals surface area contributed by atoms with Crippen LogP contribution in [0.1, 0.15) is 47.0 Å². The van der Waals surface area contributed by atoms with Crippen LogP contribution < -0.4 is 0 Å². The van der Waals surface area contributed by atoms with Gasteiger partial charge in [-0.05, 0) is 48.4 Å². The molecule has 1 aliphatic carbocycles. The molecule has 0 spiro atoms. The molecule has 2 aliphatic rings. The number of carbonyl (C=O) groups is 2. The fourth-order valence-electron chi connectivity index (χ4n) is 4.55. The lowest BCUT2D eigenvalue weighted by atomic mass is 9.79. The summed E-state index contributed by atoms with van der Waals surface area (Å²) in [5, 5.41) is 3.09. The maximum atomic E-state index is 12.9. The second kappa shape index (κ2) is 8.47. The van der Waals surface area contributed by atoms with Gasteiger partial charge < -0.3 is 9.64 Å². The lowest BCUT2D eigenvalue weighted by Crippen LogP contribution is -2.39. The van der Waals surface area contributed by atoms with Crippen LogP contribution in [0.4, 0.5) is 0 Å². The molecule has 2 unspecified atom stereocenters. The quantitative estimate of drug-likeness (QED) is 0.549. The van der Waals surface area contributed by atoms with Gasteiger partial charge in [0.2, 0.25) is 0 Å². The molecule has 0 N–H and O–H groups in total. The predicted octanol–water partition coefficient (Wildman–Crippen LogP) is 4.76. The molecular formula is C23H24N2O3S2. The van der Waals surface area contributed by atoms with E-state index in [-0.39, 0.29) is 30.3 Å². The summed E-state index contributed by atoms with van der Waals surface area (Å²) in [6, 6.07) is 10.2. The van der Waals surface area contributed by atoms with E-state index in [9.17, 15) is 9.59 Å². The van der Waals surface area contributed by atoms with E-state index in [0.29, 0.717) is 13.1 Å². The Morgan fingerprint density at radius 2 is 2.03 bits per heavy atom. The van der Waals surface area contributed by atoms with E-state index in [2.05, 4.69) is 17.5 Å². The van der Waals surface area contributed by atoms with E-state index in [1.54, 1.807) is 27.6 Å². The average Bonchev–Trinajstić information content (AvgIpc) is 3.43. The number of aromatic nitrogens is 1. The summed E-state index contributed by atoms with van der Waals surface area (Å²) in [5.74, 6) is -0.480. The van der Waals surface area contributed by atoms with E-state index in [0.717, 1.165) is 47.3 Å². The molecule has 0 bridgehead atoms. The monoisotopic (exact) mass is 440 g/mol. The number of amides is 1. The molecule has 5 nitrogen and oxygen atoms in total. The zero-order valence-corrected chi connectivity index (χ0v) is 18.3. The summed E-state index contributed by atoms with van der Waals surface area (Å²) in [5.41, 5.74) is 2.21. The summed E-state index contributed by atoms with van der Waals surface area (Å²) in [4.78, 5) is 33.5. The molecule has 7 heteroatoms. The topological polar surface area (TPSA) is 59.5 Å². The molecule has 3 aromatic rings. The first-order valence-corrected chi connectivity index (χ1v) is 12.2. The first-order chi connectivity index (χ1) is 14.7. The minimum atomic E-state index is -0.250. The van der Waals surface area contributed by atoms with Crippen LogP contribution in [0, 0.1) is 5.92 Å². The molecule has 0 saturated heterocycles. The molecule has 156 valence electrons. The third-order valence-corrected chi connectivity index (χ3v) is 8.39. The highest BCUT2D eigenvalue weighted by Gasteiger charge is 2.35. The van der Waals surface area contributed by atoms with Crippen LogP contribution in [0.3, 0.4) is 0 Å². The lowest BCUT2D eigenvalue weighted by molar-refractivity contribution is -0.157. The van der Waals surface area contributed by atoms with Gasteiger partial charge in [0.25, 0.3) is 5.91 Å². The molecule has 1 amide bonds. The molecule has 5 rings (SSSR count). The summed E-state index contributed by atoms with van der Waals surface area (Å²) in [6.07, 6.45) is 4.74. The van der Waals surface area contributed by atoms with E-state index >= 15 is 0 Å². The Morgan fingerprint density at radius 3 is 2.93 bits per heavy atom. The zero-order valence-electron chi connectivity index (χ0n) is 16.7. The minimum Gasteiger partial charge on any atom is -0.455 e. The second-order valence-corrected chi connectivity index (χ2v) is 10.1. The van der Waals surface area contributed by atoms with Crippen molar-refractivity contribution in [2.45, 2.75) is 44.6 Å². The molecular weight excluding hydrogens is 416 g/mol. The number of hydrogen-bond acceptors (Lipinski definition) is 6. The van der Waals surface area contributed by atoms with Crippen molar-refractivity contribution in [2.75, 3.05) is 13.2 Å². The normalized spacial score (nSPS) is 21.4. The third kappa shape index (κ3) is 3.88. The second-order valence-electron chi connectivity index (χ2n) is 8.06. The molecule has 1 fully saturated rings. The van der Waals surface area contributed by atoms with Crippen LogP contribution in [-0.2, 0) is 27.3 Å². The van der Waals surface area contributed by atoms with Crippen LogP contribution in [-0.4, -0.2) is 34.9 Å². The van der Waals surface area contributed by atoms with Gasteiger partial charge in [-0.1, -0.05) is 25.0 Å². The van der Waals surface area contributed by atoms with Gasteiger partial charge in [0.1, 0.15) is 0 Å². The van der Waals surface area contributed by atoms with Crippen molar-refractivity contribution < 1.29 is 14.3 Å². The third-order valence-electron chi connectivity index (χ3n) is 6.19. The van der Waals surface area contributed by atoms with Crippen molar-refractivity contribution in [3.05, 3.63) is 51.2 Å². The number of benzene rings is 1. The molecule has 1 aromatic carbocycles. The molecule has 3 heterocycles. The van der Waals surface area contributed by atoms with Crippen LogP contribution in [0.25, 0.3) is 10.2 Å². The highest BCUT2D eigenvalue weighted by Crippen LogP contribution is 2.41. The number of thiazole rings is 1. The number of para-hydroxylation sites is 1. The molecule has 30 heavy (non-hydrogen) atoms. The summed E-state index contributed by atoms with van der Waals surface area (Å²) < 4.78 is 6.69. The zero-order chi connectivity index (χ0) is 20.5. The fourth-order valence-corrected chi connectivity index (χ4v) is 6.61. The Bertz CT molecular complexity index is 1040. The standard InChI is InChI=1S/C23H24N2O3S2/c26-21(25-11-9-19-15(13-25)10-12-29-19)14-28-23(27)17-6-2-1-5-16(17)22-24-18-7-3-4-8-20(18)30-22/h3-4,7-8,10,12,16-17H,1-2,5-6,9,11,13-14H2. The number of nitrogens with zero attached hydrogens (tertiary/aromatic N) is 2. The number of esters is 1. The van der Waals surface area contributed by atoms with Gasteiger partial charge in [-0.3, -0.25) is 9.59 Å². The molecule has 2 aromatic heterocycles. The molecule has 2 atom stereocenters. The first kappa shape index (κ1) is 19.7. The lowest BCUT2D eigenvalue weighted by Gasteiger charge is -2.29. The van der Waals surface area contributed by atoms with E-state index in [1.165, 1.54) is 10.4 Å². The van der Waals surface area contributed by atoms with E-state index < -0.39 is 0 Å². The van der Waals surface area contributed by atoms with Crippen LogP contribution in [0.2, 0.25) is 0 Å². The number of fused-ring (bicyclic) bond motifs is 2. The Labute approximate surface area is 183 Å². The molecule has 1 saturated carbocycles. The van der Waals surface area contributed by atoms with Crippen LogP contribution in [0.5, 0.6) is 0 Å². The van der Waals surface area contributed by atoms with E-state index in [4.69, 9.17) is 9.72 Å². The van der Waals surface area contributed by atoms with Crippen molar-refractivity contribution in [1.29, 1.82) is 0 Å². The van der Waals surface area contributed by atoms with Crippen LogP contribution >= 0.6 is 22.7 Å². The highest BCUT2D eigenvalue weighted by atomic mass is 32.1. The summed E-state index contributed by atoms with van der Waals surface area (Å²) in [7, 11) is 0. The first-order valence-electron chi connectivity index (χ1n) is 10.5. The number of rotatable bonds is 4. The Kier molecular flexibility index (Phi) is 5.56. The Hall–Kier alpha value is -2.25. The van der Waals surface area contributed by atoms with Gasteiger partial charge in [0.05, 0.1) is 21.1 Å². The highest BCUT2D eigenvalue weighted by molar-refractivity contribution is 7.18. The maximum absolute atomic E-state index is 12.9. The Morgan fingerprint density at radius 1 is 1.17 bits per heavy atom. The van der Waals surface area contributed by atoms with Crippen LogP contribution in [0.15, 0.2) is 35.7 Å². The minimum absolute atomic E-state index is 0.0853. The number of ether oxygens (including phenoxy) is 1. The van der Waals surface area contributed by atoms with Crippen molar-refractivity contribution in [3.8, 4) is 0 Å². The van der Waals surface area contributed by atoms with Gasteiger partial charge in [0, 0.05) is 23.9 Å².